The van der Waals surface area contributed by atoms with Crippen LogP contribution in [0.3, 0.4) is 0 Å². The average Bonchev–Trinajstić information content (AvgIpc) is 3.51. The van der Waals surface area contributed by atoms with Crippen molar-refractivity contribution in [1.82, 2.24) is 9.91 Å². The Morgan fingerprint density at radius 3 is 2.35 bits per heavy atom. The van der Waals surface area contributed by atoms with Crippen molar-refractivity contribution in [3.05, 3.63) is 52.8 Å². The molecule has 2 unspecified atom stereocenters. The Hall–Kier alpha value is -5.16. The zero-order valence-corrected chi connectivity index (χ0v) is 37.9. The number of benzene rings is 2. The van der Waals surface area contributed by atoms with Crippen LogP contribution in [0.1, 0.15) is 96.1 Å². The highest BCUT2D eigenvalue weighted by molar-refractivity contribution is 6.23. The fourth-order valence-electron chi connectivity index (χ4n) is 9.50. The lowest BCUT2D eigenvalue weighted by atomic mass is 9.78. The molecule has 0 radical (unpaired) electrons. The molecule has 0 aromatic heterocycles. The first-order valence-electron chi connectivity index (χ1n) is 21.8. The summed E-state index contributed by atoms with van der Waals surface area (Å²) >= 11 is 0. The highest BCUT2D eigenvalue weighted by atomic mass is 16.7. The third-order valence-electron chi connectivity index (χ3n) is 13.5. The van der Waals surface area contributed by atoms with Gasteiger partial charge in [0.1, 0.15) is 23.4 Å². The van der Waals surface area contributed by atoms with Crippen LogP contribution in [0, 0.1) is 30.6 Å². The lowest BCUT2D eigenvalue weighted by molar-refractivity contribution is -0.160. The van der Waals surface area contributed by atoms with E-state index in [2.05, 4.69) is 10.2 Å². The van der Waals surface area contributed by atoms with Gasteiger partial charge in [-0.25, -0.2) is 0 Å². The molecule has 6 N–H and O–H groups in total. The maximum Gasteiger partial charge on any atom is 0.312 e. The van der Waals surface area contributed by atoms with E-state index in [0.717, 1.165) is 32.4 Å². The Morgan fingerprint density at radius 1 is 0.952 bits per heavy atom. The number of rotatable bonds is 4. The molecule has 5 aliphatic rings. The second kappa shape index (κ2) is 18.9. The van der Waals surface area contributed by atoms with E-state index < -0.39 is 88.8 Å². The number of hydrogen-bond acceptors (Lipinski definition) is 15. The van der Waals surface area contributed by atoms with Gasteiger partial charge in [0.25, 0.3) is 11.7 Å². The number of ketones is 1. The molecule has 5 aliphatic heterocycles. The number of allylic oxidation sites excluding steroid dienone is 2. The molecule has 0 spiro atoms. The highest BCUT2D eigenvalue weighted by Crippen LogP contribution is 2.55. The normalized spacial score (nSPS) is 34.2. The van der Waals surface area contributed by atoms with Gasteiger partial charge < -0.3 is 49.8 Å². The molecule has 2 aromatic carbocycles. The van der Waals surface area contributed by atoms with E-state index in [9.17, 15) is 39.9 Å². The second-order valence-corrected chi connectivity index (χ2v) is 18.0. The topological polar surface area (TPSA) is 220 Å². The van der Waals surface area contributed by atoms with Crippen molar-refractivity contribution < 1.29 is 58.9 Å². The van der Waals surface area contributed by atoms with E-state index >= 15 is 0 Å². The van der Waals surface area contributed by atoms with Gasteiger partial charge in [-0.2, -0.15) is 5.10 Å². The predicted molar refractivity (Wildman–Crippen MR) is 237 cm³/mol. The minimum absolute atomic E-state index is 0.00329. The number of carbonyl (C=O) groups excluding carboxylic acids is 3. The van der Waals surface area contributed by atoms with Gasteiger partial charge in [0, 0.05) is 73.7 Å². The van der Waals surface area contributed by atoms with Crippen LogP contribution in [-0.4, -0.2) is 128 Å². The molecule has 11 atom stereocenters. The lowest BCUT2D eigenvalue weighted by Crippen LogP contribution is -2.57. The summed E-state index contributed by atoms with van der Waals surface area (Å²) < 4.78 is 23.7. The van der Waals surface area contributed by atoms with Gasteiger partial charge in [0.15, 0.2) is 5.75 Å². The Balaban J connectivity index is 1.51. The zero-order chi connectivity index (χ0) is 46.2. The number of nitrogens with zero attached hydrogens (tertiary/aromatic N) is 3. The van der Waals surface area contributed by atoms with Crippen LogP contribution in [0.15, 0.2) is 41.2 Å². The number of piperazine rings is 1. The molecule has 2 aromatic rings. The predicted octanol–water partition coefficient (Wildman–Crippen LogP) is 5.65. The number of aliphatic hydroxyl groups is 2. The monoisotopic (exact) mass is 876 g/mol. The van der Waals surface area contributed by atoms with Crippen molar-refractivity contribution in [1.29, 1.82) is 0 Å². The summed E-state index contributed by atoms with van der Waals surface area (Å²) in [5, 5.41) is 67.9. The molecule has 2 saturated heterocycles. The van der Waals surface area contributed by atoms with Crippen LogP contribution < -0.4 is 10.1 Å². The number of amides is 1. The van der Waals surface area contributed by atoms with Crippen molar-refractivity contribution in [2.24, 2.45) is 28.8 Å². The number of fused-ring (bicyclic) bond motifs is 15. The number of hydrogen-bond donors (Lipinski definition) is 6. The summed E-state index contributed by atoms with van der Waals surface area (Å²) in [7, 11) is 1.44. The number of anilines is 1. The summed E-state index contributed by atoms with van der Waals surface area (Å²) in [4.78, 5) is 43.3. The number of piperidine rings is 1. The maximum absolute atomic E-state index is 14.6. The second-order valence-electron chi connectivity index (χ2n) is 18.0. The van der Waals surface area contributed by atoms with Crippen LogP contribution >= 0.6 is 0 Å². The standard InChI is InChI=1S/C47H64N4O12/c1-23-14-13-15-24(2)46(59)49-37-32(20-48-51-22-31-16-11-12-18-50(31)21-25(51)3)41(56)34-35(42(37)57)40(55)29(7)44-36(34)45(58)47(9,63-44)61-19-17-33(60-10)26(4)43(62-30(8)52)28(6)39(54)27(5)38(23)53/h13-15,17,19-20,23,25-28,31,33,38-39,43,53-57H,11-12,16,18,21-22H2,1-10H3,(H,49,59)/b14-13+,19-17+,24-15-,48-20+/t23-,25?,26+,27+,28+,31?,33-,38-,39+,43+,47-/m0/s1. The van der Waals surface area contributed by atoms with E-state index in [4.69, 9.17) is 24.0 Å². The third kappa shape index (κ3) is 9.13. The first kappa shape index (κ1) is 47.3. The molecule has 16 nitrogen and oxygen atoms in total. The van der Waals surface area contributed by atoms with Gasteiger partial charge in [-0.3, -0.25) is 24.3 Å². The minimum atomic E-state index is -2.05. The van der Waals surface area contributed by atoms with Gasteiger partial charge in [0.2, 0.25) is 0 Å². The van der Waals surface area contributed by atoms with Crippen LogP contribution in [0.4, 0.5) is 5.69 Å². The number of esters is 1. The van der Waals surface area contributed by atoms with Crippen molar-refractivity contribution in [2.45, 2.75) is 124 Å². The molecule has 7 rings (SSSR count). The Bertz CT molecular complexity index is 2220. The molecule has 5 heterocycles. The van der Waals surface area contributed by atoms with Crippen LogP contribution in [-0.2, 0) is 23.8 Å². The fraction of sp³-hybridized carbons (Fsp3) is 0.574. The number of hydrazone groups is 1. The van der Waals surface area contributed by atoms with Gasteiger partial charge in [-0.15, -0.1) is 0 Å². The average molecular weight is 877 g/mol. The van der Waals surface area contributed by atoms with Gasteiger partial charge >= 0.3 is 11.8 Å². The molecule has 63 heavy (non-hydrogen) atoms. The third-order valence-corrected chi connectivity index (χ3v) is 13.5. The Kier molecular flexibility index (Phi) is 14.2. The zero-order valence-electron chi connectivity index (χ0n) is 37.9. The minimum Gasteiger partial charge on any atom is -0.507 e. The Labute approximate surface area is 368 Å². The molecular formula is C47H64N4O12. The Morgan fingerprint density at radius 2 is 1.67 bits per heavy atom. The quantitative estimate of drug-likeness (QED) is 0.0948. The van der Waals surface area contributed by atoms with Crippen LogP contribution in [0.2, 0.25) is 0 Å². The summed E-state index contributed by atoms with van der Waals surface area (Å²) in [6.45, 7) is 17.1. The number of Topliss-reactive ketones (excluding diaryl/α,β-unsaturated/α-hetero) is 1. The first-order valence-corrected chi connectivity index (χ1v) is 21.8. The van der Waals surface area contributed by atoms with E-state index in [-0.39, 0.29) is 56.6 Å². The number of nitrogens with one attached hydrogen (secondary N) is 1. The molecule has 5 bridgehead atoms. The summed E-state index contributed by atoms with van der Waals surface area (Å²) in [5.41, 5.74) is -0.296. The van der Waals surface area contributed by atoms with Crippen molar-refractivity contribution >= 4 is 40.3 Å². The molecule has 1 amide bonds. The lowest BCUT2D eigenvalue weighted by Gasteiger charge is -2.46. The molecule has 2 fully saturated rings. The van der Waals surface area contributed by atoms with Gasteiger partial charge in [0.05, 0.1) is 65.6 Å². The molecule has 344 valence electrons. The van der Waals surface area contributed by atoms with Crippen molar-refractivity contribution in [2.75, 3.05) is 32.1 Å². The van der Waals surface area contributed by atoms with Crippen LogP contribution in [0.5, 0.6) is 23.0 Å². The van der Waals surface area contributed by atoms with Crippen molar-refractivity contribution in [3.63, 3.8) is 0 Å². The number of phenols is 3. The molecular weight excluding hydrogens is 813 g/mol. The summed E-state index contributed by atoms with van der Waals surface area (Å²) in [6.07, 6.45) is 8.24. The summed E-state index contributed by atoms with van der Waals surface area (Å²) in [5.74, 6) is -8.29. The summed E-state index contributed by atoms with van der Waals surface area (Å²) in [6, 6.07) is 0.285. The first-order chi connectivity index (χ1) is 29.7. The number of ether oxygens (including phenoxy) is 4. The van der Waals surface area contributed by atoms with E-state index in [1.807, 2.05) is 11.9 Å². The maximum atomic E-state index is 14.6. The number of aliphatic hydroxyl groups excluding tert-OH is 2. The largest absolute Gasteiger partial charge is 0.507 e. The smallest absolute Gasteiger partial charge is 0.312 e. The number of carbonyl (C=O) groups is 3. The number of aromatic hydroxyl groups is 3. The van der Waals surface area contributed by atoms with Crippen molar-refractivity contribution in [3.8, 4) is 23.0 Å². The van der Waals surface area contributed by atoms with Gasteiger partial charge in [-0.1, -0.05) is 52.3 Å². The van der Waals surface area contributed by atoms with Crippen LogP contribution in [0.25, 0.3) is 10.8 Å². The molecule has 0 saturated carbocycles. The van der Waals surface area contributed by atoms with Gasteiger partial charge in [-0.05, 0) is 46.2 Å². The SMILES string of the molecule is CO[C@H]1/C=C/O[C@@]2(C)Oc3c(C)c(O)c4c(O)c(c(/C=N/N5CC6CCCCN6CC5C)c(O)c4c3C2=O)NC(=O)/C(C)=C\C=C\[C@H](C)[C@H](O)[C@@H](C)[C@@H](O)[C@@H](C)[C@H](OC(C)=O)[C@@H]1C. The number of phenolic OH excluding ortho intramolecular Hbond substituents is 3. The molecule has 16 heteroatoms. The number of methoxy groups -OCH3 is 1. The fourth-order valence-corrected chi connectivity index (χ4v) is 9.50. The van der Waals surface area contributed by atoms with E-state index in [1.165, 1.54) is 52.5 Å². The molecule has 0 aliphatic carbocycles. The van der Waals surface area contributed by atoms with E-state index in [1.54, 1.807) is 46.8 Å². The highest BCUT2D eigenvalue weighted by Gasteiger charge is 2.50. The van der Waals surface area contributed by atoms with E-state index in [0.29, 0.717) is 6.54 Å².